The Labute approximate surface area is 86.3 Å². The summed E-state index contributed by atoms with van der Waals surface area (Å²) < 4.78 is 6.30. The summed E-state index contributed by atoms with van der Waals surface area (Å²) >= 11 is 0. The smallest absolute Gasteiger partial charge is 0.358 e. The molecule has 1 aromatic rings. The molecule has 7 nitrogen and oxygen atoms in total. The number of methoxy groups -OCH3 is 1. The number of carboxylic acids is 1. The number of carbonyl (C=O) groups is 1. The van der Waals surface area contributed by atoms with Crippen molar-refractivity contribution in [2.24, 2.45) is 0 Å². The van der Waals surface area contributed by atoms with Gasteiger partial charge < -0.3 is 14.9 Å². The van der Waals surface area contributed by atoms with Gasteiger partial charge >= 0.3 is 5.97 Å². The molecule has 1 heterocycles. The van der Waals surface area contributed by atoms with E-state index in [9.17, 15) is 4.79 Å². The van der Waals surface area contributed by atoms with Crippen LogP contribution in [0.1, 0.15) is 22.6 Å². The fourth-order valence-corrected chi connectivity index (χ4v) is 1.18. The van der Waals surface area contributed by atoms with Gasteiger partial charge in [-0.25, -0.2) is 9.48 Å². The Hall–Kier alpha value is -1.47. The summed E-state index contributed by atoms with van der Waals surface area (Å²) in [5.74, 6) is -1.13. The molecule has 0 amide bonds. The van der Waals surface area contributed by atoms with Gasteiger partial charge in [-0.3, -0.25) is 0 Å². The van der Waals surface area contributed by atoms with Crippen molar-refractivity contribution in [1.82, 2.24) is 15.0 Å². The van der Waals surface area contributed by atoms with Crippen LogP contribution in [0.3, 0.4) is 0 Å². The molecular formula is C8H13N3O4. The lowest BCUT2D eigenvalue weighted by Crippen LogP contribution is -2.10. The standard InChI is InChI=1S/C8H13N3O4/c1-15-5-6-7(8(13)14)9-10-11(6)3-2-4-12/h12H,2-5H2,1H3,(H,13,14). The molecule has 84 valence electrons. The van der Waals surface area contributed by atoms with E-state index in [0.717, 1.165) is 0 Å². The molecule has 0 aromatic carbocycles. The van der Waals surface area contributed by atoms with E-state index in [1.165, 1.54) is 11.8 Å². The maximum atomic E-state index is 10.8. The monoisotopic (exact) mass is 215 g/mol. The summed E-state index contributed by atoms with van der Waals surface area (Å²) in [4.78, 5) is 10.8. The van der Waals surface area contributed by atoms with E-state index in [1.807, 2.05) is 0 Å². The van der Waals surface area contributed by atoms with Gasteiger partial charge in [-0.15, -0.1) is 5.10 Å². The van der Waals surface area contributed by atoms with Gasteiger partial charge in [-0.05, 0) is 6.42 Å². The van der Waals surface area contributed by atoms with Gasteiger partial charge in [0.2, 0.25) is 0 Å². The van der Waals surface area contributed by atoms with Gasteiger partial charge in [0.1, 0.15) is 0 Å². The Morgan fingerprint density at radius 3 is 2.87 bits per heavy atom. The zero-order chi connectivity index (χ0) is 11.3. The van der Waals surface area contributed by atoms with Crippen LogP contribution in [-0.4, -0.2) is 44.9 Å². The molecule has 0 radical (unpaired) electrons. The van der Waals surface area contributed by atoms with E-state index < -0.39 is 5.97 Å². The van der Waals surface area contributed by atoms with Crippen LogP contribution in [0.25, 0.3) is 0 Å². The van der Waals surface area contributed by atoms with E-state index in [1.54, 1.807) is 0 Å². The summed E-state index contributed by atoms with van der Waals surface area (Å²) in [6.07, 6.45) is 0.499. The summed E-state index contributed by atoms with van der Waals surface area (Å²) in [7, 11) is 1.47. The molecular weight excluding hydrogens is 202 g/mol. The number of aliphatic hydroxyl groups excluding tert-OH is 1. The summed E-state index contributed by atoms with van der Waals surface area (Å²) in [5.41, 5.74) is 0.313. The third-order valence-corrected chi connectivity index (χ3v) is 1.85. The van der Waals surface area contributed by atoms with E-state index >= 15 is 0 Å². The van der Waals surface area contributed by atoms with Crippen molar-refractivity contribution in [2.45, 2.75) is 19.6 Å². The molecule has 7 heteroatoms. The molecule has 1 aromatic heterocycles. The van der Waals surface area contributed by atoms with Crippen LogP contribution in [0.15, 0.2) is 0 Å². The zero-order valence-electron chi connectivity index (χ0n) is 8.38. The minimum absolute atomic E-state index is 0.0225. The van der Waals surface area contributed by atoms with Crippen molar-refractivity contribution < 1.29 is 19.7 Å². The predicted molar refractivity (Wildman–Crippen MR) is 49.4 cm³/mol. The van der Waals surface area contributed by atoms with Crippen LogP contribution >= 0.6 is 0 Å². The quantitative estimate of drug-likeness (QED) is 0.664. The number of ether oxygens (including phenoxy) is 1. The maximum Gasteiger partial charge on any atom is 0.358 e. The first-order chi connectivity index (χ1) is 7.20. The van der Waals surface area contributed by atoms with Crippen LogP contribution in [0.5, 0.6) is 0 Å². The summed E-state index contributed by atoms with van der Waals surface area (Å²) in [6, 6.07) is 0. The Balaban J connectivity index is 2.90. The van der Waals surface area contributed by atoms with Crippen molar-refractivity contribution in [3.05, 3.63) is 11.4 Å². The number of aryl methyl sites for hydroxylation is 1. The number of hydrogen-bond acceptors (Lipinski definition) is 5. The normalized spacial score (nSPS) is 10.5. The molecule has 0 fully saturated rings. The van der Waals surface area contributed by atoms with E-state index in [-0.39, 0.29) is 18.9 Å². The number of carboxylic acid groups (broad SMARTS) is 1. The fraction of sp³-hybridized carbons (Fsp3) is 0.625. The van der Waals surface area contributed by atoms with Gasteiger partial charge in [-0.1, -0.05) is 5.21 Å². The highest BCUT2D eigenvalue weighted by atomic mass is 16.5. The molecule has 0 unspecified atom stereocenters. The minimum atomic E-state index is -1.13. The van der Waals surface area contributed by atoms with E-state index in [4.69, 9.17) is 14.9 Å². The van der Waals surface area contributed by atoms with Crippen molar-refractivity contribution >= 4 is 5.97 Å². The van der Waals surface area contributed by atoms with E-state index in [0.29, 0.717) is 18.7 Å². The topological polar surface area (TPSA) is 97.5 Å². The molecule has 0 aliphatic heterocycles. The number of aromatic nitrogens is 3. The molecule has 0 saturated heterocycles. The average molecular weight is 215 g/mol. The third kappa shape index (κ3) is 2.74. The minimum Gasteiger partial charge on any atom is -0.476 e. The number of aliphatic hydroxyl groups is 1. The predicted octanol–water partition coefficient (Wildman–Crippen LogP) is -0.495. The number of nitrogens with zero attached hydrogens (tertiary/aromatic N) is 3. The van der Waals surface area contributed by atoms with Crippen molar-refractivity contribution in [3.63, 3.8) is 0 Å². The van der Waals surface area contributed by atoms with E-state index in [2.05, 4.69) is 10.3 Å². The molecule has 0 bridgehead atoms. The molecule has 0 saturated carbocycles. The lowest BCUT2D eigenvalue weighted by atomic mass is 10.3. The van der Waals surface area contributed by atoms with Crippen molar-refractivity contribution in [3.8, 4) is 0 Å². The number of rotatable bonds is 6. The second kappa shape index (κ2) is 5.42. The number of aromatic carboxylic acids is 1. The molecule has 0 aliphatic rings. The Bertz CT molecular complexity index is 337. The first-order valence-corrected chi connectivity index (χ1v) is 4.46. The molecule has 2 N–H and O–H groups in total. The molecule has 0 aliphatic carbocycles. The lowest BCUT2D eigenvalue weighted by molar-refractivity contribution is 0.0684. The van der Waals surface area contributed by atoms with Crippen LogP contribution in [-0.2, 0) is 17.9 Å². The van der Waals surface area contributed by atoms with Crippen LogP contribution in [0.2, 0.25) is 0 Å². The zero-order valence-corrected chi connectivity index (χ0v) is 8.38. The van der Waals surface area contributed by atoms with Gasteiger partial charge in [0.25, 0.3) is 0 Å². The lowest BCUT2D eigenvalue weighted by Gasteiger charge is -2.04. The van der Waals surface area contributed by atoms with Crippen LogP contribution in [0, 0.1) is 0 Å². The average Bonchev–Trinajstić information content (AvgIpc) is 2.59. The largest absolute Gasteiger partial charge is 0.476 e. The SMILES string of the molecule is COCc1c(C(=O)O)nnn1CCCO. The van der Waals surface area contributed by atoms with Crippen LogP contribution < -0.4 is 0 Å². The Morgan fingerprint density at radius 1 is 1.60 bits per heavy atom. The Kier molecular flexibility index (Phi) is 4.19. The Morgan fingerprint density at radius 2 is 2.33 bits per heavy atom. The highest BCUT2D eigenvalue weighted by Gasteiger charge is 2.18. The molecule has 1 rings (SSSR count). The van der Waals surface area contributed by atoms with Crippen LogP contribution in [0.4, 0.5) is 0 Å². The first kappa shape index (κ1) is 11.6. The fourth-order valence-electron chi connectivity index (χ4n) is 1.18. The van der Waals surface area contributed by atoms with Gasteiger partial charge in [0.15, 0.2) is 5.69 Å². The van der Waals surface area contributed by atoms with Gasteiger partial charge in [0.05, 0.1) is 12.3 Å². The summed E-state index contributed by atoms with van der Waals surface area (Å²) in [6.45, 7) is 0.588. The highest BCUT2D eigenvalue weighted by Crippen LogP contribution is 2.07. The second-order valence-electron chi connectivity index (χ2n) is 2.92. The third-order valence-electron chi connectivity index (χ3n) is 1.85. The molecule has 15 heavy (non-hydrogen) atoms. The first-order valence-electron chi connectivity index (χ1n) is 4.46. The second-order valence-corrected chi connectivity index (χ2v) is 2.92. The summed E-state index contributed by atoms with van der Waals surface area (Å²) in [5, 5.41) is 24.7. The number of hydrogen-bond donors (Lipinski definition) is 2. The maximum absolute atomic E-state index is 10.8. The van der Waals surface area contributed by atoms with Gasteiger partial charge in [-0.2, -0.15) is 0 Å². The van der Waals surface area contributed by atoms with Crippen molar-refractivity contribution in [2.75, 3.05) is 13.7 Å². The molecule has 0 spiro atoms. The highest BCUT2D eigenvalue weighted by molar-refractivity contribution is 5.86. The molecule has 0 atom stereocenters. The van der Waals surface area contributed by atoms with Crippen molar-refractivity contribution in [1.29, 1.82) is 0 Å². The van der Waals surface area contributed by atoms with Gasteiger partial charge in [0, 0.05) is 20.3 Å².